The van der Waals surface area contributed by atoms with Crippen molar-refractivity contribution in [2.45, 2.75) is 29.2 Å². The molecule has 0 saturated carbocycles. The summed E-state index contributed by atoms with van der Waals surface area (Å²) in [7, 11) is 0. The minimum Gasteiger partial charge on any atom is -0.267 e. The molecule has 2 N–H and O–H groups in total. The number of rotatable bonds is 4. The third-order valence-corrected chi connectivity index (χ3v) is 6.50. The van der Waals surface area contributed by atoms with Gasteiger partial charge in [-0.1, -0.05) is 30.0 Å². The third kappa shape index (κ3) is 4.04. The van der Waals surface area contributed by atoms with Crippen LogP contribution in [0.15, 0.2) is 64.6 Å². The number of fused-ring (bicyclic) bond motifs is 1. The van der Waals surface area contributed by atoms with E-state index in [1.54, 1.807) is 18.3 Å². The fourth-order valence-corrected chi connectivity index (χ4v) is 4.98. The second-order valence-corrected chi connectivity index (χ2v) is 8.29. The molecule has 3 aromatic rings. The lowest BCUT2D eigenvalue weighted by Crippen LogP contribution is -2.41. The number of amides is 2. The molecule has 0 aliphatic heterocycles. The van der Waals surface area contributed by atoms with Crippen molar-refractivity contribution < 1.29 is 9.59 Å². The molecule has 27 heavy (non-hydrogen) atoms. The molecule has 1 aliphatic rings. The summed E-state index contributed by atoms with van der Waals surface area (Å²) in [6.45, 7) is 0. The van der Waals surface area contributed by atoms with Crippen molar-refractivity contribution in [1.29, 1.82) is 0 Å². The zero-order valence-corrected chi connectivity index (χ0v) is 16.0. The molecule has 0 atom stereocenters. The molecule has 1 aliphatic carbocycles. The van der Waals surface area contributed by atoms with Gasteiger partial charge in [0.15, 0.2) is 0 Å². The van der Waals surface area contributed by atoms with Crippen molar-refractivity contribution in [3.05, 3.63) is 75.6 Å². The van der Waals surface area contributed by atoms with Crippen LogP contribution in [0.5, 0.6) is 0 Å². The molecular formula is C20H17N3O2S2. The maximum absolute atomic E-state index is 12.6. The summed E-state index contributed by atoms with van der Waals surface area (Å²) >= 11 is 2.91. The SMILES string of the molecule is O=C(NNC(=O)c1cccnc1Sc1ccccc1)c1cc2c(s1)CCC2. The van der Waals surface area contributed by atoms with E-state index in [1.807, 2.05) is 36.4 Å². The number of aryl methyl sites for hydroxylation is 2. The number of pyridine rings is 1. The average molecular weight is 396 g/mol. The number of carbonyl (C=O) groups is 2. The van der Waals surface area contributed by atoms with Crippen LogP contribution < -0.4 is 10.9 Å². The van der Waals surface area contributed by atoms with E-state index in [4.69, 9.17) is 0 Å². The zero-order chi connectivity index (χ0) is 18.6. The molecule has 0 radical (unpaired) electrons. The largest absolute Gasteiger partial charge is 0.279 e. The lowest BCUT2D eigenvalue weighted by atomic mass is 10.2. The summed E-state index contributed by atoms with van der Waals surface area (Å²) in [4.78, 5) is 32.1. The highest BCUT2D eigenvalue weighted by Crippen LogP contribution is 2.30. The lowest BCUT2D eigenvalue weighted by molar-refractivity contribution is 0.0847. The molecule has 0 saturated heterocycles. The van der Waals surface area contributed by atoms with E-state index in [9.17, 15) is 9.59 Å². The van der Waals surface area contributed by atoms with Crippen LogP contribution in [0.3, 0.4) is 0 Å². The predicted molar refractivity (Wildman–Crippen MR) is 106 cm³/mol. The molecule has 7 heteroatoms. The van der Waals surface area contributed by atoms with Crippen LogP contribution in [0, 0.1) is 0 Å². The second-order valence-electron chi connectivity index (χ2n) is 6.09. The third-order valence-electron chi connectivity index (χ3n) is 4.23. The Kier molecular flexibility index (Phi) is 5.22. The van der Waals surface area contributed by atoms with E-state index in [-0.39, 0.29) is 11.8 Å². The minimum absolute atomic E-state index is 0.288. The van der Waals surface area contributed by atoms with Gasteiger partial charge in [0.1, 0.15) is 5.03 Å². The number of aromatic nitrogens is 1. The van der Waals surface area contributed by atoms with Crippen LogP contribution in [0.25, 0.3) is 0 Å². The Hall–Kier alpha value is -2.64. The number of hydrogen-bond donors (Lipinski definition) is 2. The monoisotopic (exact) mass is 395 g/mol. The molecule has 2 amide bonds. The molecule has 136 valence electrons. The average Bonchev–Trinajstić information content (AvgIpc) is 3.29. The summed E-state index contributed by atoms with van der Waals surface area (Å²) in [5.74, 6) is -0.678. The van der Waals surface area contributed by atoms with Crippen molar-refractivity contribution >= 4 is 34.9 Å². The Morgan fingerprint density at radius 2 is 1.81 bits per heavy atom. The van der Waals surface area contributed by atoms with Crippen LogP contribution in [0.1, 0.15) is 36.9 Å². The number of carbonyl (C=O) groups excluding carboxylic acids is 2. The Bertz CT molecular complexity index is 964. The molecular weight excluding hydrogens is 378 g/mol. The molecule has 5 nitrogen and oxygen atoms in total. The number of thiophene rings is 1. The van der Waals surface area contributed by atoms with Crippen LogP contribution in [-0.4, -0.2) is 16.8 Å². The maximum atomic E-state index is 12.6. The smallest absolute Gasteiger partial charge is 0.267 e. The van der Waals surface area contributed by atoms with E-state index in [2.05, 4.69) is 15.8 Å². The fraction of sp³-hybridized carbons (Fsp3) is 0.150. The van der Waals surface area contributed by atoms with Gasteiger partial charge in [0.2, 0.25) is 0 Å². The molecule has 0 bridgehead atoms. The van der Waals surface area contributed by atoms with Crippen molar-refractivity contribution in [3.8, 4) is 0 Å². The van der Waals surface area contributed by atoms with E-state index in [0.29, 0.717) is 15.5 Å². The number of nitrogens with zero attached hydrogens (tertiary/aromatic N) is 1. The molecule has 4 rings (SSSR count). The molecule has 0 fully saturated rings. The van der Waals surface area contributed by atoms with Gasteiger partial charge in [-0.15, -0.1) is 11.3 Å². The summed E-state index contributed by atoms with van der Waals surface area (Å²) in [5.41, 5.74) is 6.69. The molecule has 0 spiro atoms. The molecule has 2 heterocycles. The van der Waals surface area contributed by atoms with E-state index >= 15 is 0 Å². The predicted octanol–water partition coefficient (Wildman–Crippen LogP) is 3.86. The first-order chi connectivity index (χ1) is 13.2. The van der Waals surface area contributed by atoms with Gasteiger partial charge in [0.05, 0.1) is 10.4 Å². The lowest BCUT2D eigenvalue weighted by Gasteiger charge is -2.09. The quantitative estimate of drug-likeness (QED) is 0.658. The summed E-state index contributed by atoms with van der Waals surface area (Å²) in [5, 5.41) is 0.588. The van der Waals surface area contributed by atoms with Gasteiger partial charge in [0.25, 0.3) is 11.8 Å². The summed E-state index contributed by atoms with van der Waals surface area (Å²) < 4.78 is 0. The highest BCUT2D eigenvalue weighted by Gasteiger charge is 2.19. The zero-order valence-electron chi connectivity index (χ0n) is 14.4. The van der Waals surface area contributed by atoms with Crippen LogP contribution in [-0.2, 0) is 12.8 Å². The van der Waals surface area contributed by atoms with Gasteiger partial charge in [-0.2, -0.15) is 0 Å². The first-order valence-electron chi connectivity index (χ1n) is 8.61. The standard InChI is InChI=1S/C20H17N3O2S2/c24-18(22-23-19(25)17-12-13-6-4-10-16(13)27-17)15-9-5-11-21-20(15)26-14-7-2-1-3-8-14/h1-3,5,7-9,11-12H,4,6,10H2,(H,22,24)(H,23,25). The maximum Gasteiger partial charge on any atom is 0.279 e. The Labute approximate surface area is 165 Å². The first-order valence-corrected chi connectivity index (χ1v) is 10.2. The molecule has 1 aromatic carbocycles. The minimum atomic E-state index is -0.390. The summed E-state index contributed by atoms with van der Waals surface area (Å²) in [6.07, 6.45) is 4.87. The van der Waals surface area contributed by atoms with E-state index < -0.39 is 0 Å². The van der Waals surface area contributed by atoms with Crippen molar-refractivity contribution in [2.24, 2.45) is 0 Å². The van der Waals surface area contributed by atoms with Crippen LogP contribution in [0.2, 0.25) is 0 Å². The number of hydrogen-bond acceptors (Lipinski definition) is 5. The summed E-state index contributed by atoms with van der Waals surface area (Å²) in [6, 6.07) is 15.0. The van der Waals surface area contributed by atoms with Crippen LogP contribution in [0.4, 0.5) is 0 Å². The van der Waals surface area contributed by atoms with E-state index in [0.717, 1.165) is 24.2 Å². The Morgan fingerprint density at radius 1 is 1.00 bits per heavy atom. The first kappa shape index (κ1) is 17.8. The van der Waals surface area contributed by atoms with Crippen molar-refractivity contribution in [3.63, 3.8) is 0 Å². The van der Waals surface area contributed by atoms with E-state index in [1.165, 1.54) is 33.5 Å². The highest BCUT2D eigenvalue weighted by molar-refractivity contribution is 7.99. The van der Waals surface area contributed by atoms with Gasteiger partial charge in [-0.25, -0.2) is 4.98 Å². The van der Waals surface area contributed by atoms with Crippen molar-refractivity contribution in [1.82, 2.24) is 15.8 Å². The number of benzene rings is 1. The Morgan fingerprint density at radius 3 is 2.63 bits per heavy atom. The van der Waals surface area contributed by atoms with Crippen LogP contribution >= 0.6 is 23.1 Å². The fourth-order valence-electron chi connectivity index (χ4n) is 2.93. The Balaban J connectivity index is 1.43. The normalized spacial score (nSPS) is 12.4. The molecule has 0 unspecified atom stereocenters. The van der Waals surface area contributed by atoms with Gasteiger partial charge in [-0.3, -0.25) is 20.4 Å². The van der Waals surface area contributed by atoms with Crippen molar-refractivity contribution in [2.75, 3.05) is 0 Å². The highest BCUT2D eigenvalue weighted by atomic mass is 32.2. The van der Waals surface area contributed by atoms with Gasteiger partial charge < -0.3 is 0 Å². The second kappa shape index (κ2) is 7.94. The van der Waals surface area contributed by atoms with Gasteiger partial charge in [-0.05, 0) is 55.2 Å². The topological polar surface area (TPSA) is 71.1 Å². The number of nitrogens with one attached hydrogen (secondary N) is 2. The number of hydrazine groups is 1. The van der Waals surface area contributed by atoms with Gasteiger partial charge in [0, 0.05) is 16.0 Å². The molecule has 2 aromatic heterocycles. The van der Waals surface area contributed by atoms with Gasteiger partial charge >= 0.3 is 0 Å².